The van der Waals surface area contributed by atoms with Crippen LogP contribution >= 0.6 is 12.6 Å². The van der Waals surface area contributed by atoms with Crippen LogP contribution in [0.3, 0.4) is 0 Å². The molecular formula is C25H25F3N4O4S2. The summed E-state index contributed by atoms with van der Waals surface area (Å²) in [6.07, 6.45) is -1.03. The van der Waals surface area contributed by atoms with Crippen molar-refractivity contribution in [2.24, 2.45) is 0 Å². The van der Waals surface area contributed by atoms with Crippen molar-refractivity contribution in [3.05, 3.63) is 59.2 Å². The van der Waals surface area contributed by atoms with E-state index in [0.29, 0.717) is 31.4 Å². The first-order valence-electron chi connectivity index (χ1n) is 11.8. The van der Waals surface area contributed by atoms with Crippen molar-refractivity contribution in [1.29, 1.82) is 5.26 Å². The van der Waals surface area contributed by atoms with E-state index in [4.69, 9.17) is 5.26 Å². The summed E-state index contributed by atoms with van der Waals surface area (Å²) in [7, 11) is -3.60. The second kappa shape index (κ2) is 10.1. The topological polar surface area (TPSA) is 111 Å². The highest BCUT2D eigenvalue weighted by Gasteiger charge is 2.60. The van der Waals surface area contributed by atoms with Crippen LogP contribution in [0.15, 0.2) is 42.5 Å². The first-order valence-corrected chi connectivity index (χ1v) is 14.2. The summed E-state index contributed by atoms with van der Waals surface area (Å²) in [4.78, 5) is 28.4. The van der Waals surface area contributed by atoms with Gasteiger partial charge in [0.05, 0.1) is 23.5 Å². The summed E-state index contributed by atoms with van der Waals surface area (Å²) in [5, 5.41) is 9.11. The van der Waals surface area contributed by atoms with Crippen molar-refractivity contribution in [1.82, 2.24) is 4.72 Å². The van der Waals surface area contributed by atoms with Gasteiger partial charge in [0.2, 0.25) is 15.9 Å². The van der Waals surface area contributed by atoms with E-state index in [-0.39, 0.29) is 18.0 Å². The summed E-state index contributed by atoms with van der Waals surface area (Å²) in [6.45, 7) is 0. The second-order valence-corrected chi connectivity index (χ2v) is 11.6. The van der Waals surface area contributed by atoms with Crippen LogP contribution in [-0.4, -0.2) is 37.5 Å². The van der Waals surface area contributed by atoms with Gasteiger partial charge in [-0.15, -0.1) is 12.6 Å². The molecule has 1 atom stereocenters. The number of benzene rings is 2. The second-order valence-electron chi connectivity index (χ2n) is 9.43. The molecule has 2 aromatic carbocycles. The predicted molar refractivity (Wildman–Crippen MR) is 138 cm³/mol. The lowest BCUT2D eigenvalue weighted by Gasteiger charge is -2.44. The molecule has 0 aromatic heterocycles. The number of alkyl halides is 3. The highest BCUT2D eigenvalue weighted by molar-refractivity contribution is 7.89. The monoisotopic (exact) mass is 566 g/mol. The molecule has 1 N–H and O–H groups in total. The quantitative estimate of drug-likeness (QED) is 0.491. The van der Waals surface area contributed by atoms with Gasteiger partial charge >= 0.3 is 6.18 Å². The molecule has 1 aliphatic carbocycles. The molecule has 2 amide bonds. The van der Waals surface area contributed by atoms with Crippen LogP contribution in [0, 0.1) is 11.3 Å². The number of carbonyl (C=O) groups is 2. The molecule has 1 saturated carbocycles. The van der Waals surface area contributed by atoms with Crippen LogP contribution in [-0.2, 0) is 32.2 Å². The van der Waals surface area contributed by atoms with E-state index >= 15 is 0 Å². The number of nitriles is 1. The van der Waals surface area contributed by atoms with Gasteiger partial charge in [-0.1, -0.05) is 12.1 Å². The Bertz CT molecular complexity index is 1400. The smallest absolute Gasteiger partial charge is 0.328 e. The Morgan fingerprint density at radius 2 is 1.82 bits per heavy atom. The number of nitrogens with one attached hydrogen (secondary N) is 1. The number of aryl methyl sites for hydroxylation is 1. The van der Waals surface area contributed by atoms with Crippen LogP contribution < -0.4 is 14.5 Å². The lowest BCUT2D eigenvalue weighted by molar-refractivity contribution is -0.137. The zero-order valence-corrected chi connectivity index (χ0v) is 22.0. The Labute approximate surface area is 223 Å². The summed E-state index contributed by atoms with van der Waals surface area (Å²) in [5.74, 6) is -0.927. The van der Waals surface area contributed by atoms with Crippen molar-refractivity contribution >= 4 is 45.8 Å². The van der Waals surface area contributed by atoms with Gasteiger partial charge in [-0.05, 0) is 68.0 Å². The minimum absolute atomic E-state index is 0.0130. The number of amides is 2. The average molecular weight is 567 g/mol. The number of thiol groups is 1. The Kier molecular flexibility index (Phi) is 7.42. The Morgan fingerprint density at radius 1 is 1.18 bits per heavy atom. The van der Waals surface area contributed by atoms with E-state index in [2.05, 4.69) is 12.6 Å². The zero-order valence-electron chi connectivity index (χ0n) is 20.3. The van der Waals surface area contributed by atoms with Crippen LogP contribution in [0.5, 0.6) is 0 Å². The first-order chi connectivity index (χ1) is 17.8. The van der Waals surface area contributed by atoms with Gasteiger partial charge in [0, 0.05) is 17.8 Å². The van der Waals surface area contributed by atoms with Gasteiger partial charge in [-0.25, -0.2) is 8.42 Å². The minimum atomic E-state index is -4.76. The molecule has 1 spiro atoms. The molecule has 13 heteroatoms. The van der Waals surface area contributed by atoms with Crippen molar-refractivity contribution in [2.75, 3.05) is 16.1 Å². The highest BCUT2D eigenvalue weighted by atomic mass is 32.2. The van der Waals surface area contributed by atoms with Gasteiger partial charge in [0.25, 0.3) is 5.91 Å². The van der Waals surface area contributed by atoms with Crippen LogP contribution in [0.25, 0.3) is 0 Å². The zero-order chi connectivity index (χ0) is 27.9. The van der Waals surface area contributed by atoms with Crippen molar-refractivity contribution < 1.29 is 31.2 Å². The molecule has 1 unspecified atom stereocenters. The lowest BCUT2D eigenvalue weighted by Crippen LogP contribution is -2.55. The fourth-order valence-corrected chi connectivity index (χ4v) is 6.02. The van der Waals surface area contributed by atoms with Crippen molar-refractivity contribution in [3.8, 4) is 6.07 Å². The van der Waals surface area contributed by atoms with E-state index in [0.717, 1.165) is 30.4 Å². The summed E-state index contributed by atoms with van der Waals surface area (Å²) in [5.41, 5.74) is -1.86. The molecule has 202 valence electrons. The number of hydrogen-bond acceptors (Lipinski definition) is 7. The maximum absolute atomic E-state index is 13.6. The Morgan fingerprint density at radius 3 is 2.34 bits per heavy atom. The van der Waals surface area contributed by atoms with E-state index < -0.39 is 44.3 Å². The van der Waals surface area contributed by atoms with Crippen molar-refractivity contribution in [2.45, 2.75) is 55.7 Å². The fourth-order valence-electron chi connectivity index (χ4n) is 4.91. The summed E-state index contributed by atoms with van der Waals surface area (Å²) < 4.78 is 64.9. The molecule has 2 fully saturated rings. The maximum Gasteiger partial charge on any atom is 0.417 e. The number of anilines is 2. The van der Waals surface area contributed by atoms with Gasteiger partial charge < -0.3 is 4.90 Å². The number of hydrogen-bond donors (Lipinski definition) is 2. The summed E-state index contributed by atoms with van der Waals surface area (Å²) >= 11 is 4.65. The van der Waals surface area contributed by atoms with Crippen LogP contribution in [0.1, 0.15) is 48.8 Å². The van der Waals surface area contributed by atoms with Gasteiger partial charge in [-0.2, -0.15) is 18.4 Å². The number of rotatable bonds is 7. The highest BCUT2D eigenvalue weighted by Crippen LogP contribution is 2.50. The molecule has 0 bridgehead atoms. The third kappa shape index (κ3) is 5.33. The Balaban J connectivity index is 1.55. The molecule has 4 rings (SSSR count). The molecule has 1 saturated heterocycles. The number of halogens is 3. The van der Waals surface area contributed by atoms with Crippen LogP contribution in [0.2, 0.25) is 0 Å². The SMILES string of the molecule is CS(=O)(=O)NC(=O)CCCc1ccc(N2C(S)N(c3ccc(C#N)c(C(F)(F)F)c3)C(=O)C23CCC3)cc1. The molecule has 0 radical (unpaired) electrons. The van der Waals surface area contributed by atoms with Crippen molar-refractivity contribution in [3.63, 3.8) is 0 Å². The van der Waals surface area contributed by atoms with E-state index in [1.165, 1.54) is 11.0 Å². The molecule has 8 nitrogen and oxygen atoms in total. The molecule has 1 aliphatic heterocycles. The third-order valence-corrected chi connectivity index (χ3v) is 7.87. The van der Waals surface area contributed by atoms with E-state index in [1.807, 2.05) is 21.8 Å². The van der Waals surface area contributed by atoms with Gasteiger partial charge in [-0.3, -0.25) is 19.2 Å². The lowest BCUT2D eigenvalue weighted by atomic mass is 9.75. The fraction of sp³-hybridized carbons (Fsp3) is 0.400. The largest absolute Gasteiger partial charge is 0.417 e. The molecule has 2 aliphatic rings. The normalized spacial score (nSPS) is 18.8. The maximum atomic E-state index is 13.6. The number of carbonyl (C=O) groups excluding carboxylic acids is 2. The Hall–Kier alpha value is -3.24. The van der Waals surface area contributed by atoms with Gasteiger partial charge in [0.1, 0.15) is 5.54 Å². The minimum Gasteiger partial charge on any atom is -0.328 e. The number of sulfonamides is 1. The summed E-state index contributed by atoms with van der Waals surface area (Å²) in [6, 6.07) is 12.0. The predicted octanol–water partition coefficient (Wildman–Crippen LogP) is 3.96. The van der Waals surface area contributed by atoms with Crippen LogP contribution in [0.4, 0.5) is 24.5 Å². The first kappa shape index (κ1) is 27.8. The molecular weight excluding hydrogens is 541 g/mol. The van der Waals surface area contributed by atoms with Gasteiger partial charge in [0.15, 0.2) is 5.50 Å². The molecule has 1 heterocycles. The average Bonchev–Trinajstić information content (AvgIpc) is 3.04. The van der Waals surface area contributed by atoms with E-state index in [1.54, 1.807) is 18.2 Å². The molecule has 2 aromatic rings. The number of nitrogens with zero attached hydrogens (tertiary/aromatic N) is 3. The van der Waals surface area contributed by atoms with E-state index in [9.17, 15) is 31.2 Å². The third-order valence-electron chi connectivity index (χ3n) is 6.81. The standard InChI is InChI=1S/C25H25F3N4O4S2/c1-38(35,36)30-21(33)5-2-4-16-6-9-18(10-7-16)32-23(37)31(22(34)24(32)12-3-13-24)19-11-8-17(15-29)20(14-19)25(26,27)28/h6-11,14,23,37H,2-5,12-13H2,1H3,(H,30,33). The molecule has 38 heavy (non-hydrogen) atoms.